The SMILES string of the molecule is COCC1(C)NC(C)(C)CS1. The maximum Gasteiger partial charge on any atom is 0.0857 e. The Morgan fingerprint density at radius 2 is 2.09 bits per heavy atom. The zero-order valence-electron chi connectivity index (χ0n) is 7.73. The molecule has 0 aromatic heterocycles. The third-order valence-corrected chi connectivity index (χ3v) is 3.50. The van der Waals surface area contributed by atoms with Crippen LogP contribution in [0.3, 0.4) is 0 Å². The van der Waals surface area contributed by atoms with Gasteiger partial charge in [0.1, 0.15) is 0 Å². The van der Waals surface area contributed by atoms with Gasteiger partial charge in [-0.25, -0.2) is 0 Å². The highest BCUT2D eigenvalue weighted by Gasteiger charge is 2.39. The van der Waals surface area contributed by atoms with Crippen molar-refractivity contribution < 1.29 is 4.74 Å². The quantitative estimate of drug-likeness (QED) is 0.686. The van der Waals surface area contributed by atoms with E-state index < -0.39 is 0 Å². The number of nitrogens with one attached hydrogen (secondary N) is 1. The lowest BCUT2D eigenvalue weighted by atomic mass is 10.1. The van der Waals surface area contributed by atoms with Crippen molar-refractivity contribution in [3.8, 4) is 0 Å². The summed E-state index contributed by atoms with van der Waals surface area (Å²) in [4.78, 5) is 0.123. The lowest BCUT2D eigenvalue weighted by Crippen LogP contribution is -2.47. The minimum absolute atomic E-state index is 0.123. The first kappa shape index (κ1) is 9.36. The average Bonchev–Trinajstić information content (AvgIpc) is 2.07. The normalized spacial score (nSPS) is 36.0. The molecule has 0 radical (unpaired) electrons. The number of thioether (sulfide) groups is 1. The number of hydrogen-bond acceptors (Lipinski definition) is 3. The first-order valence-electron chi connectivity index (χ1n) is 3.90. The molecule has 1 N–H and O–H groups in total. The van der Waals surface area contributed by atoms with Gasteiger partial charge >= 0.3 is 0 Å². The van der Waals surface area contributed by atoms with Gasteiger partial charge in [-0.2, -0.15) is 0 Å². The summed E-state index contributed by atoms with van der Waals surface area (Å²) >= 11 is 1.94. The van der Waals surface area contributed by atoms with Crippen LogP contribution in [0, 0.1) is 0 Å². The molecule has 0 saturated carbocycles. The van der Waals surface area contributed by atoms with E-state index in [4.69, 9.17) is 4.74 Å². The Morgan fingerprint density at radius 1 is 1.45 bits per heavy atom. The summed E-state index contributed by atoms with van der Waals surface area (Å²) in [7, 11) is 1.75. The Hall–Kier alpha value is 0.270. The number of hydrogen-bond donors (Lipinski definition) is 1. The van der Waals surface area contributed by atoms with Crippen LogP contribution in [0.2, 0.25) is 0 Å². The molecule has 0 aliphatic carbocycles. The molecule has 66 valence electrons. The van der Waals surface area contributed by atoms with Gasteiger partial charge in [-0.1, -0.05) is 0 Å². The topological polar surface area (TPSA) is 21.3 Å². The molecule has 1 atom stereocenters. The van der Waals surface area contributed by atoms with Crippen molar-refractivity contribution in [1.29, 1.82) is 0 Å². The lowest BCUT2D eigenvalue weighted by Gasteiger charge is -2.26. The average molecular weight is 175 g/mol. The summed E-state index contributed by atoms with van der Waals surface area (Å²) in [6.45, 7) is 7.42. The van der Waals surface area contributed by atoms with Crippen molar-refractivity contribution in [1.82, 2.24) is 5.32 Å². The van der Waals surface area contributed by atoms with Gasteiger partial charge in [-0.05, 0) is 20.8 Å². The summed E-state index contributed by atoms with van der Waals surface area (Å²) in [5.41, 5.74) is 0.262. The van der Waals surface area contributed by atoms with Crippen LogP contribution in [0.5, 0.6) is 0 Å². The third-order valence-electron chi connectivity index (χ3n) is 1.77. The Bertz CT molecular complexity index is 149. The predicted octanol–water partition coefficient (Wildman–Crippen LogP) is 1.46. The standard InChI is InChI=1S/C8H17NOS/c1-7(2)6-11-8(3,9-7)5-10-4/h9H,5-6H2,1-4H3. The van der Waals surface area contributed by atoms with Crippen LogP contribution in [-0.2, 0) is 4.74 Å². The van der Waals surface area contributed by atoms with E-state index >= 15 is 0 Å². The Morgan fingerprint density at radius 3 is 2.45 bits per heavy atom. The fourth-order valence-corrected chi connectivity index (χ4v) is 2.78. The molecule has 3 heteroatoms. The fourth-order valence-electron chi connectivity index (χ4n) is 1.48. The van der Waals surface area contributed by atoms with Gasteiger partial charge in [-0.3, -0.25) is 5.32 Å². The molecule has 1 aliphatic heterocycles. The van der Waals surface area contributed by atoms with E-state index in [9.17, 15) is 0 Å². The van der Waals surface area contributed by atoms with Crippen molar-refractivity contribution in [3.63, 3.8) is 0 Å². The van der Waals surface area contributed by atoms with Crippen LogP contribution in [-0.4, -0.2) is 29.9 Å². The van der Waals surface area contributed by atoms with Gasteiger partial charge in [0.05, 0.1) is 11.5 Å². The maximum absolute atomic E-state index is 5.14. The predicted molar refractivity (Wildman–Crippen MR) is 50.0 cm³/mol. The minimum atomic E-state index is 0.123. The highest BCUT2D eigenvalue weighted by Crippen LogP contribution is 2.34. The van der Waals surface area contributed by atoms with Gasteiger partial charge in [0, 0.05) is 18.4 Å². The smallest absolute Gasteiger partial charge is 0.0857 e. The summed E-state index contributed by atoms with van der Waals surface area (Å²) in [5, 5.41) is 3.55. The van der Waals surface area contributed by atoms with Gasteiger partial charge in [-0.15, -0.1) is 11.8 Å². The number of methoxy groups -OCH3 is 1. The molecule has 0 bridgehead atoms. The Balaban J connectivity index is 2.51. The van der Waals surface area contributed by atoms with Crippen molar-refractivity contribution >= 4 is 11.8 Å². The molecule has 1 fully saturated rings. The first-order valence-corrected chi connectivity index (χ1v) is 4.88. The van der Waals surface area contributed by atoms with Gasteiger partial charge in [0.2, 0.25) is 0 Å². The van der Waals surface area contributed by atoms with Crippen molar-refractivity contribution in [2.75, 3.05) is 19.5 Å². The van der Waals surface area contributed by atoms with Crippen molar-refractivity contribution in [3.05, 3.63) is 0 Å². The molecule has 1 saturated heterocycles. The zero-order chi connectivity index (χ0) is 8.54. The van der Waals surface area contributed by atoms with Crippen LogP contribution >= 0.6 is 11.8 Å². The second-order valence-electron chi connectivity index (χ2n) is 3.96. The Kier molecular flexibility index (Phi) is 2.52. The van der Waals surface area contributed by atoms with Crippen LogP contribution in [0.4, 0.5) is 0 Å². The highest BCUT2D eigenvalue weighted by atomic mass is 32.2. The summed E-state index contributed by atoms with van der Waals surface area (Å²) in [6.07, 6.45) is 0. The fraction of sp³-hybridized carbons (Fsp3) is 1.00. The van der Waals surface area contributed by atoms with E-state index in [1.807, 2.05) is 11.8 Å². The van der Waals surface area contributed by atoms with Crippen molar-refractivity contribution in [2.45, 2.75) is 31.2 Å². The molecular formula is C8H17NOS. The maximum atomic E-state index is 5.14. The first-order chi connectivity index (χ1) is 4.97. The lowest BCUT2D eigenvalue weighted by molar-refractivity contribution is 0.152. The summed E-state index contributed by atoms with van der Waals surface area (Å²) < 4.78 is 5.14. The highest BCUT2D eigenvalue weighted by molar-refractivity contribution is 8.00. The molecule has 0 spiro atoms. The van der Waals surface area contributed by atoms with E-state index in [1.165, 1.54) is 0 Å². The number of ether oxygens (including phenoxy) is 1. The van der Waals surface area contributed by atoms with Crippen molar-refractivity contribution in [2.24, 2.45) is 0 Å². The minimum Gasteiger partial charge on any atom is -0.382 e. The van der Waals surface area contributed by atoms with E-state index in [2.05, 4.69) is 26.1 Å². The van der Waals surface area contributed by atoms with Crippen LogP contribution < -0.4 is 5.32 Å². The third kappa shape index (κ3) is 2.36. The second kappa shape index (κ2) is 2.96. The van der Waals surface area contributed by atoms with Gasteiger partial charge in [0.25, 0.3) is 0 Å². The zero-order valence-corrected chi connectivity index (χ0v) is 8.55. The summed E-state index contributed by atoms with van der Waals surface area (Å²) in [6, 6.07) is 0. The van der Waals surface area contributed by atoms with E-state index in [1.54, 1.807) is 7.11 Å². The van der Waals surface area contributed by atoms with E-state index in [0.29, 0.717) is 0 Å². The molecule has 2 nitrogen and oxygen atoms in total. The summed E-state index contributed by atoms with van der Waals surface area (Å²) in [5.74, 6) is 1.16. The van der Waals surface area contributed by atoms with Crippen LogP contribution in [0.15, 0.2) is 0 Å². The van der Waals surface area contributed by atoms with E-state index in [-0.39, 0.29) is 10.4 Å². The molecule has 1 unspecified atom stereocenters. The molecule has 0 aromatic rings. The molecule has 0 aromatic carbocycles. The van der Waals surface area contributed by atoms with E-state index in [0.717, 1.165) is 12.4 Å². The van der Waals surface area contributed by atoms with Gasteiger partial charge in [0.15, 0.2) is 0 Å². The molecule has 0 amide bonds. The molecule has 1 rings (SSSR count). The molecule has 11 heavy (non-hydrogen) atoms. The van der Waals surface area contributed by atoms with Crippen LogP contribution in [0.1, 0.15) is 20.8 Å². The second-order valence-corrected chi connectivity index (χ2v) is 5.44. The molecule has 1 aliphatic rings. The molecular weight excluding hydrogens is 158 g/mol. The Labute approximate surface area is 73.1 Å². The van der Waals surface area contributed by atoms with Gasteiger partial charge < -0.3 is 4.74 Å². The largest absolute Gasteiger partial charge is 0.382 e. The number of rotatable bonds is 2. The molecule has 1 heterocycles. The van der Waals surface area contributed by atoms with Crippen LogP contribution in [0.25, 0.3) is 0 Å². The monoisotopic (exact) mass is 175 g/mol.